The Labute approximate surface area is 107 Å². The van der Waals surface area contributed by atoms with E-state index in [-0.39, 0.29) is 6.04 Å². The van der Waals surface area contributed by atoms with Crippen molar-refractivity contribution < 1.29 is 4.74 Å². The number of halogens is 2. The van der Waals surface area contributed by atoms with E-state index < -0.39 is 0 Å². The Hall–Kier alpha value is -0.320. The van der Waals surface area contributed by atoms with Crippen LogP contribution in [-0.4, -0.2) is 6.61 Å². The van der Waals surface area contributed by atoms with E-state index in [9.17, 15) is 0 Å². The van der Waals surface area contributed by atoms with E-state index in [1.165, 1.54) is 0 Å². The predicted molar refractivity (Wildman–Crippen MR) is 70.3 cm³/mol. The van der Waals surface area contributed by atoms with E-state index in [4.69, 9.17) is 10.5 Å². The molecular weight excluding hydrogens is 322 g/mol. The molecule has 0 radical (unpaired) electrons. The summed E-state index contributed by atoms with van der Waals surface area (Å²) in [6.45, 7) is 6.09. The molecule has 1 aromatic carbocycles. The smallest absolute Gasteiger partial charge is 0.124 e. The van der Waals surface area contributed by atoms with Gasteiger partial charge in [0.15, 0.2) is 0 Å². The maximum absolute atomic E-state index is 5.85. The fraction of sp³-hybridized carbons (Fsp3) is 0.273. The van der Waals surface area contributed by atoms with Gasteiger partial charge in [0.1, 0.15) is 12.4 Å². The monoisotopic (exact) mass is 333 g/mol. The molecule has 2 nitrogen and oxygen atoms in total. The summed E-state index contributed by atoms with van der Waals surface area (Å²) in [4.78, 5) is 0. The molecule has 0 aliphatic heterocycles. The lowest BCUT2D eigenvalue weighted by Crippen LogP contribution is -2.08. The van der Waals surface area contributed by atoms with Gasteiger partial charge in [0.2, 0.25) is 0 Å². The van der Waals surface area contributed by atoms with E-state index in [2.05, 4.69) is 38.4 Å². The Morgan fingerprint density at radius 2 is 2.27 bits per heavy atom. The summed E-state index contributed by atoms with van der Waals surface area (Å²) >= 11 is 6.65. The number of ether oxygens (including phenoxy) is 1. The van der Waals surface area contributed by atoms with Crippen LogP contribution in [0.5, 0.6) is 5.75 Å². The average Bonchev–Trinajstić information content (AvgIpc) is 2.15. The minimum absolute atomic E-state index is 0.0545. The van der Waals surface area contributed by atoms with Gasteiger partial charge in [0.25, 0.3) is 0 Å². The fourth-order valence-corrected chi connectivity index (χ4v) is 1.66. The normalized spacial score (nSPS) is 12.3. The van der Waals surface area contributed by atoms with E-state index in [0.717, 1.165) is 20.3 Å². The van der Waals surface area contributed by atoms with E-state index in [1.807, 2.05) is 25.1 Å². The van der Waals surface area contributed by atoms with Gasteiger partial charge in [-0.1, -0.05) is 38.4 Å². The quantitative estimate of drug-likeness (QED) is 0.910. The number of hydrogen-bond acceptors (Lipinski definition) is 2. The van der Waals surface area contributed by atoms with Crippen LogP contribution in [0.15, 0.2) is 33.7 Å². The van der Waals surface area contributed by atoms with Crippen molar-refractivity contribution in [2.24, 2.45) is 5.73 Å². The van der Waals surface area contributed by atoms with Crippen molar-refractivity contribution in [3.63, 3.8) is 0 Å². The van der Waals surface area contributed by atoms with Crippen molar-refractivity contribution >= 4 is 31.9 Å². The molecule has 4 heteroatoms. The number of rotatable bonds is 4. The van der Waals surface area contributed by atoms with Crippen LogP contribution in [-0.2, 0) is 0 Å². The van der Waals surface area contributed by atoms with Gasteiger partial charge in [-0.3, -0.25) is 0 Å². The highest BCUT2D eigenvalue weighted by Gasteiger charge is 2.08. The Morgan fingerprint density at radius 1 is 1.60 bits per heavy atom. The van der Waals surface area contributed by atoms with Crippen molar-refractivity contribution in [2.75, 3.05) is 6.61 Å². The summed E-state index contributed by atoms with van der Waals surface area (Å²) in [5, 5.41) is 0. The van der Waals surface area contributed by atoms with Crippen molar-refractivity contribution in [2.45, 2.75) is 13.0 Å². The van der Waals surface area contributed by atoms with Gasteiger partial charge in [0, 0.05) is 20.6 Å². The first kappa shape index (κ1) is 12.7. The fourth-order valence-electron chi connectivity index (χ4n) is 1.16. The maximum atomic E-state index is 5.85. The first-order chi connectivity index (χ1) is 7.00. The molecule has 0 saturated heterocycles. The van der Waals surface area contributed by atoms with Crippen LogP contribution in [0.1, 0.15) is 18.5 Å². The Kier molecular flexibility index (Phi) is 4.83. The van der Waals surface area contributed by atoms with Crippen molar-refractivity contribution in [1.82, 2.24) is 0 Å². The molecule has 0 aliphatic carbocycles. The highest BCUT2D eigenvalue weighted by molar-refractivity contribution is 9.11. The third-order valence-corrected chi connectivity index (χ3v) is 2.57. The molecule has 0 heterocycles. The molecule has 1 aromatic rings. The van der Waals surface area contributed by atoms with Gasteiger partial charge in [0.05, 0.1) is 0 Å². The number of nitrogens with two attached hydrogens (primary N) is 1. The maximum Gasteiger partial charge on any atom is 0.124 e. The zero-order chi connectivity index (χ0) is 11.4. The van der Waals surface area contributed by atoms with Gasteiger partial charge < -0.3 is 10.5 Å². The minimum Gasteiger partial charge on any atom is -0.488 e. The molecule has 0 aliphatic rings. The molecule has 82 valence electrons. The lowest BCUT2D eigenvalue weighted by Gasteiger charge is -2.14. The first-order valence-corrected chi connectivity index (χ1v) is 6.10. The second kappa shape index (κ2) is 5.68. The van der Waals surface area contributed by atoms with E-state index in [0.29, 0.717) is 6.61 Å². The highest BCUT2D eigenvalue weighted by atomic mass is 79.9. The van der Waals surface area contributed by atoms with E-state index >= 15 is 0 Å². The van der Waals surface area contributed by atoms with Gasteiger partial charge in [-0.15, -0.1) is 0 Å². The van der Waals surface area contributed by atoms with Gasteiger partial charge in [-0.05, 0) is 25.1 Å². The largest absolute Gasteiger partial charge is 0.488 e. The van der Waals surface area contributed by atoms with E-state index in [1.54, 1.807) is 0 Å². The molecule has 0 amide bonds. The Morgan fingerprint density at radius 3 is 2.80 bits per heavy atom. The third kappa shape index (κ3) is 3.97. The van der Waals surface area contributed by atoms with Crippen LogP contribution in [0, 0.1) is 0 Å². The summed E-state index contributed by atoms with van der Waals surface area (Å²) < 4.78 is 7.37. The SMILES string of the molecule is C=C(Br)COc1ccc(Br)cc1[C@@H](C)N. The van der Waals surface area contributed by atoms with Crippen LogP contribution >= 0.6 is 31.9 Å². The lowest BCUT2D eigenvalue weighted by molar-refractivity contribution is 0.355. The zero-order valence-corrected chi connectivity index (χ0v) is 11.6. The summed E-state index contributed by atoms with van der Waals surface area (Å²) in [6, 6.07) is 5.74. The van der Waals surface area contributed by atoms with Gasteiger partial charge in [-0.2, -0.15) is 0 Å². The molecule has 0 bridgehead atoms. The summed E-state index contributed by atoms with van der Waals surface area (Å²) in [7, 11) is 0. The van der Waals surface area contributed by atoms with Crippen LogP contribution < -0.4 is 10.5 Å². The predicted octanol–water partition coefficient (Wildman–Crippen LogP) is 3.76. The van der Waals surface area contributed by atoms with Crippen LogP contribution in [0.25, 0.3) is 0 Å². The number of benzene rings is 1. The Balaban J connectivity index is 2.90. The average molecular weight is 335 g/mol. The molecular formula is C11H13Br2NO. The number of hydrogen-bond donors (Lipinski definition) is 1. The highest BCUT2D eigenvalue weighted by Crippen LogP contribution is 2.27. The lowest BCUT2D eigenvalue weighted by atomic mass is 10.1. The standard InChI is InChI=1S/C11H13Br2NO/c1-7(12)6-15-11-4-3-9(13)5-10(11)8(2)14/h3-5,8H,1,6,14H2,2H3/t8-/m1/s1. The second-order valence-electron chi connectivity index (χ2n) is 3.28. The second-order valence-corrected chi connectivity index (χ2v) is 5.31. The van der Waals surface area contributed by atoms with Crippen molar-refractivity contribution in [3.05, 3.63) is 39.3 Å². The summed E-state index contributed by atoms with van der Waals surface area (Å²) in [6.07, 6.45) is 0. The molecule has 2 N–H and O–H groups in total. The zero-order valence-electron chi connectivity index (χ0n) is 8.47. The molecule has 0 spiro atoms. The first-order valence-electron chi connectivity index (χ1n) is 4.52. The topological polar surface area (TPSA) is 35.2 Å². The van der Waals surface area contributed by atoms with Gasteiger partial charge in [-0.25, -0.2) is 0 Å². The van der Waals surface area contributed by atoms with Crippen LogP contribution in [0.3, 0.4) is 0 Å². The Bertz CT molecular complexity index is 364. The molecule has 0 aromatic heterocycles. The molecule has 1 rings (SSSR count). The van der Waals surface area contributed by atoms with Crippen LogP contribution in [0.4, 0.5) is 0 Å². The molecule has 15 heavy (non-hydrogen) atoms. The summed E-state index contributed by atoms with van der Waals surface area (Å²) in [5.74, 6) is 0.800. The third-order valence-electron chi connectivity index (χ3n) is 1.85. The molecule has 1 atom stereocenters. The molecule has 0 unspecified atom stereocenters. The van der Waals surface area contributed by atoms with Gasteiger partial charge >= 0.3 is 0 Å². The minimum atomic E-state index is -0.0545. The summed E-state index contributed by atoms with van der Waals surface area (Å²) in [5.41, 5.74) is 6.84. The molecule has 0 fully saturated rings. The van der Waals surface area contributed by atoms with Crippen LogP contribution in [0.2, 0.25) is 0 Å². The van der Waals surface area contributed by atoms with Crippen molar-refractivity contribution in [3.8, 4) is 5.75 Å². The molecule has 0 saturated carbocycles. The van der Waals surface area contributed by atoms with Crippen molar-refractivity contribution in [1.29, 1.82) is 0 Å².